The Morgan fingerprint density at radius 2 is 2.21 bits per heavy atom. The molecule has 1 fully saturated rings. The molecule has 1 saturated carbocycles. The first-order valence-corrected chi connectivity index (χ1v) is 6.69. The number of hydrogen-bond acceptors (Lipinski definition) is 5. The number of nitrogens with one attached hydrogen (secondary N) is 2. The summed E-state index contributed by atoms with van der Waals surface area (Å²) in [5.41, 5.74) is 3.73. The molecule has 0 spiro atoms. The summed E-state index contributed by atoms with van der Waals surface area (Å²) in [6.45, 7) is 4.70. The molecule has 0 radical (unpaired) electrons. The number of amides is 1. The fourth-order valence-corrected chi connectivity index (χ4v) is 2.44. The zero-order chi connectivity index (χ0) is 13.9. The Morgan fingerprint density at radius 3 is 2.74 bits per heavy atom. The minimum Gasteiger partial charge on any atom is -0.350 e. The van der Waals surface area contributed by atoms with Crippen LogP contribution in [0, 0.1) is 12.3 Å². The molecule has 2 rings (SSSR count). The summed E-state index contributed by atoms with van der Waals surface area (Å²) < 4.78 is 0. The molecular weight excluding hydrogens is 242 g/mol. The highest BCUT2D eigenvalue weighted by Gasteiger charge is 2.35. The summed E-state index contributed by atoms with van der Waals surface area (Å²) in [7, 11) is 0. The molecule has 4 N–H and O–H groups in total. The van der Waals surface area contributed by atoms with Crippen molar-refractivity contribution in [2.75, 3.05) is 12.0 Å². The summed E-state index contributed by atoms with van der Waals surface area (Å²) in [6.07, 6.45) is 4.76. The van der Waals surface area contributed by atoms with Gasteiger partial charge in [0.2, 0.25) is 5.95 Å². The standard InChI is InChI=1S/C13H21N5O/c1-3-13(5-4-6-13)8-15-11(19)10-7-9(2)16-12(17-10)18-14/h7H,3-6,8,14H2,1-2H3,(H,15,19)(H,16,17,18). The zero-order valence-electron chi connectivity index (χ0n) is 11.5. The van der Waals surface area contributed by atoms with Crippen LogP contribution in [0.15, 0.2) is 6.07 Å². The van der Waals surface area contributed by atoms with Crippen molar-refractivity contribution in [1.29, 1.82) is 0 Å². The van der Waals surface area contributed by atoms with E-state index < -0.39 is 0 Å². The topological polar surface area (TPSA) is 92.9 Å². The van der Waals surface area contributed by atoms with E-state index in [-0.39, 0.29) is 11.9 Å². The lowest BCUT2D eigenvalue weighted by molar-refractivity contribution is 0.0845. The summed E-state index contributed by atoms with van der Waals surface area (Å²) in [6, 6.07) is 1.66. The fourth-order valence-electron chi connectivity index (χ4n) is 2.44. The molecule has 0 atom stereocenters. The average molecular weight is 263 g/mol. The molecule has 0 aromatic carbocycles. The van der Waals surface area contributed by atoms with E-state index in [1.54, 1.807) is 13.0 Å². The minimum atomic E-state index is -0.165. The van der Waals surface area contributed by atoms with Crippen molar-refractivity contribution in [3.8, 4) is 0 Å². The van der Waals surface area contributed by atoms with Crippen molar-refractivity contribution in [2.45, 2.75) is 39.5 Å². The summed E-state index contributed by atoms with van der Waals surface area (Å²) in [5.74, 6) is 5.37. The van der Waals surface area contributed by atoms with E-state index >= 15 is 0 Å². The van der Waals surface area contributed by atoms with E-state index in [1.165, 1.54) is 19.3 Å². The van der Waals surface area contributed by atoms with Crippen molar-refractivity contribution in [3.63, 3.8) is 0 Å². The molecule has 1 amide bonds. The Kier molecular flexibility index (Phi) is 3.99. The Morgan fingerprint density at radius 1 is 1.47 bits per heavy atom. The Labute approximate surface area is 113 Å². The molecule has 1 heterocycles. The molecule has 1 aliphatic carbocycles. The molecular formula is C13H21N5O. The van der Waals surface area contributed by atoms with Crippen LogP contribution in [-0.4, -0.2) is 22.4 Å². The number of aromatic nitrogens is 2. The van der Waals surface area contributed by atoms with Crippen molar-refractivity contribution in [3.05, 3.63) is 17.5 Å². The van der Waals surface area contributed by atoms with Gasteiger partial charge >= 0.3 is 0 Å². The number of rotatable bonds is 5. The van der Waals surface area contributed by atoms with E-state index in [2.05, 4.69) is 27.6 Å². The summed E-state index contributed by atoms with van der Waals surface area (Å²) >= 11 is 0. The Bertz CT molecular complexity index is 465. The van der Waals surface area contributed by atoms with Gasteiger partial charge in [0, 0.05) is 12.2 Å². The third kappa shape index (κ3) is 3.01. The van der Waals surface area contributed by atoms with Gasteiger partial charge in [0.25, 0.3) is 5.91 Å². The van der Waals surface area contributed by atoms with E-state index in [1.807, 2.05) is 0 Å². The van der Waals surface area contributed by atoms with Crippen molar-refractivity contribution < 1.29 is 4.79 Å². The van der Waals surface area contributed by atoms with Gasteiger partial charge in [-0.25, -0.2) is 15.8 Å². The van der Waals surface area contributed by atoms with Gasteiger partial charge in [-0.15, -0.1) is 0 Å². The largest absolute Gasteiger partial charge is 0.350 e. The fraction of sp³-hybridized carbons (Fsp3) is 0.615. The highest BCUT2D eigenvalue weighted by Crippen LogP contribution is 2.43. The lowest BCUT2D eigenvalue weighted by atomic mass is 9.67. The van der Waals surface area contributed by atoms with Gasteiger partial charge in [-0.3, -0.25) is 10.2 Å². The second-order valence-corrected chi connectivity index (χ2v) is 5.25. The van der Waals surface area contributed by atoms with Crippen LogP contribution in [-0.2, 0) is 0 Å². The first-order valence-electron chi connectivity index (χ1n) is 6.69. The van der Waals surface area contributed by atoms with Gasteiger partial charge in [-0.05, 0) is 37.7 Å². The number of carbonyl (C=O) groups is 1. The zero-order valence-corrected chi connectivity index (χ0v) is 11.5. The quantitative estimate of drug-likeness (QED) is 0.551. The van der Waals surface area contributed by atoms with Crippen molar-refractivity contribution >= 4 is 11.9 Å². The number of aryl methyl sites for hydroxylation is 1. The average Bonchev–Trinajstić information content (AvgIpc) is 2.37. The first kappa shape index (κ1) is 13.7. The Hall–Kier alpha value is -1.69. The molecule has 6 nitrogen and oxygen atoms in total. The molecule has 1 aromatic rings. The number of anilines is 1. The van der Waals surface area contributed by atoms with Crippen LogP contribution < -0.4 is 16.6 Å². The van der Waals surface area contributed by atoms with Gasteiger partial charge in [0.15, 0.2) is 0 Å². The van der Waals surface area contributed by atoms with Crippen LogP contribution in [0.2, 0.25) is 0 Å². The number of hydrogen-bond donors (Lipinski definition) is 3. The maximum absolute atomic E-state index is 12.1. The third-order valence-corrected chi connectivity index (χ3v) is 4.00. The molecule has 1 aromatic heterocycles. The normalized spacial score (nSPS) is 16.6. The predicted octanol–water partition coefficient (Wildman–Crippen LogP) is 1.38. The Balaban J connectivity index is 2.01. The summed E-state index contributed by atoms with van der Waals surface area (Å²) in [4.78, 5) is 20.2. The number of carbonyl (C=O) groups excluding carboxylic acids is 1. The molecule has 19 heavy (non-hydrogen) atoms. The second-order valence-electron chi connectivity index (χ2n) is 5.25. The number of nitrogens with two attached hydrogens (primary N) is 1. The molecule has 0 aliphatic heterocycles. The lowest BCUT2D eigenvalue weighted by Gasteiger charge is -2.41. The van der Waals surface area contributed by atoms with Gasteiger partial charge in [0.1, 0.15) is 5.69 Å². The molecule has 0 saturated heterocycles. The van der Waals surface area contributed by atoms with Gasteiger partial charge < -0.3 is 5.32 Å². The monoisotopic (exact) mass is 263 g/mol. The third-order valence-electron chi connectivity index (χ3n) is 4.00. The van der Waals surface area contributed by atoms with Crippen LogP contribution in [0.4, 0.5) is 5.95 Å². The molecule has 1 aliphatic rings. The van der Waals surface area contributed by atoms with E-state index in [0.717, 1.165) is 13.0 Å². The maximum Gasteiger partial charge on any atom is 0.270 e. The smallest absolute Gasteiger partial charge is 0.270 e. The van der Waals surface area contributed by atoms with Crippen LogP contribution in [0.5, 0.6) is 0 Å². The van der Waals surface area contributed by atoms with Gasteiger partial charge in [0.05, 0.1) is 0 Å². The molecule has 6 heteroatoms. The molecule has 0 unspecified atom stereocenters. The van der Waals surface area contributed by atoms with Crippen LogP contribution in [0.1, 0.15) is 48.8 Å². The SMILES string of the molecule is CCC1(CNC(=O)c2cc(C)nc(NN)n2)CCC1. The van der Waals surface area contributed by atoms with Crippen LogP contribution in [0.25, 0.3) is 0 Å². The molecule has 104 valence electrons. The van der Waals surface area contributed by atoms with E-state index in [4.69, 9.17) is 5.84 Å². The van der Waals surface area contributed by atoms with Crippen LogP contribution in [0.3, 0.4) is 0 Å². The number of nitrogens with zero attached hydrogens (tertiary/aromatic N) is 2. The second kappa shape index (κ2) is 5.52. The van der Waals surface area contributed by atoms with Gasteiger partial charge in [-0.1, -0.05) is 13.3 Å². The predicted molar refractivity (Wildman–Crippen MR) is 73.5 cm³/mol. The highest BCUT2D eigenvalue weighted by molar-refractivity contribution is 5.92. The van der Waals surface area contributed by atoms with Crippen molar-refractivity contribution in [2.24, 2.45) is 11.3 Å². The highest BCUT2D eigenvalue weighted by atomic mass is 16.1. The first-order chi connectivity index (χ1) is 9.08. The maximum atomic E-state index is 12.1. The summed E-state index contributed by atoms with van der Waals surface area (Å²) in [5, 5.41) is 2.97. The van der Waals surface area contributed by atoms with E-state index in [0.29, 0.717) is 16.8 Å². The van der Waals surface area contributed by atoms with Gasteiger partial charge in [-0.2, -0.15) is 0 Å². The van der Waals surface area contributed by atoms with E-state index in [9.17, 15) is 4.79 Å². The van der Waals surface area contributed by atoms with Crippen LogP contribution >= 0.6 is 0 Å². The number of nitrogen functional groups attached to an aromatic ring is 1. The van der Waals surface area contributed by atoms with Crippen molar-refractivity contribution in [1.82, 2.24) is 15.3 Å². The molecule has 0 bridgehead atoms. The number of hydrazine groups is 1. The minimum absolute atomic E-state index is 0.165. The lowest BCUT2D eigenvalue weighted by Crippen LogP contribution is -2.42.